The first-order chi connectivity index (χ1) is 6.15. The lowest BCUT2D eigenvalue weighted by molar-refractivity contribution is 0.559. The van der Waals surface area contributed by atoms with Gasteiger partial charge in [-0.05, 0) is 40.5 Å². The third-order valence-electron chi connectivity index (χ3n) is 1.67. The van der Waals surface area contributed by atoms with E-state index in [4.69, 9.17) is 0 Å². The van der Waals surface area contributed by atoms with Crippen LogP contribution < -0.4 is 0 Å². The van der Waals surface area contributed by atoms with E-state index < -0.39 is 0 Å². The Bertz CT molecular complexity index is 361. The maximum atomic E-state index is 13.0. The van der Waals surface area contributed by atoms with Gasteiger partial charge in [0.15, 0.2) is 0 Å². The summed E-state index contributed by atoms with van der Waals surface area (Å²) in [4.78, 5) is 13.4. The smallest absolute Gasteiger partial charge is 0.211 e. The number of isocyanates is 1. The van der Waals surface area contributed by atoms with Crippen molar-refractivity contribution in [1.29, 1.82) is 0 Å². The first kappa shape index (κ1) is 10.1. The summed E-state index contributed by atoms with van der Waals surface area (Å²) in [6.45, 7) is 1.70. The van der Waals surface area contributed by atoms with Crippen LogP contribution in [0.15, 0.2) is 27.7 Å². The summed E-state index contributed by atoms with van der Waals surface area (Å²) in [5.74, 6) is -0.356. The molecule has 0 N–H and O–H groups in total. The van der Waals surface area contributed by atoms with Gasteiger partial charge in [-0.2, -0.15) is 4.99 Å². The average molecular weight is 244 g/mol. The topological polar surface area (TPSA) is 29.4 Å². The molecule has 1 aromatic carbocycles. The molecule has 0 bridgehead atoms. The molecule has 0 aromatic heterocycles. The van der Waals surface area contributed by atoms with E-state index in [1.165, 1.54) is 12.1 Å². The lowest BCUT2D eigenvalue weighted by Gasteiger charge is -2.04. The van der Waals surface area contributed by atoms with Crippen LogP contribution in [0.2, 0.25) is 0 Å². The van der Waals surface area contributed by atoms with Gasteiger partial charge in [0, 0.05) is 0 Å². The van der Waals surface area contributed by atoms with Crippen LogP contribution in [0.4, 0.5) is 4.39 Å². The maximum absolute atomic E-state index is 13.0. The number of aliphatic imine (C=N–C) groups is 1. The standard InChI is InChI=1S/C9H7BrFNO/c1-6(12-5-13)7-2-3-8(10)9(11)4-7/h2-4,6H,1H3. The van der Waals surface area contributed by atoms with Crippen LogP contribution >= 0.6 is 15.9 Å². The SMILES string of the molecule is CC(N=C=O)c1ccc(Br)c(F)c1. The summed E-state index contributed by atoms with van der Waals surface area (Å²) in [6, 6.07) is 4.29. The molecule has 0 aliphatic heterocycles. The van der Waals surface area contributed by atoms with E-state index >= 15 is 0 Å². The van der Waals surface area contributed by atoms with Crippen LogP contribution in [-0.4, -0.2) is 6.08 Å². The Morgan fingerprint density at radius 3 is 2.85 bits per heavy atom. The lowest BCUT2D eigenvalue weighted by atomic mass is 10.1. The van der Waals surface area contributed by atoms with E-state index in [9.17, 15) is 9.18 Å². The van der Waals surface area contributed by atoms with Crippen LogP contribution in [0.3, 0.4) is 0 Å². The zero-order chi connectivity index (χ0) is 9.84. The van der Waals surface area contributed by atoms with Crippen molar-refractivity contribution in [2.24, 2.45) is 4.99 Å². The van der Waals surface area contributed by atoms with Gasteiger partial charge in [-0.25, -0.2) is 9.18 Å². The Labute approximate surface area is 83.6 Å². The number of rotatable bonds is 2. The van der Waals surface area contributed by atoms with Crippen molar-refractivity contribution in [1.82, 2.24) is 0 Å². The second-order valence-electron chi connectivity index (χ2n) is 2.57. The Kier molecular flexibility index (Phi) is 3.34. The minimum Gasteiger partial charge on any atom is -0.211 e. The Morgan fingerprint density at radius 2 is 2.31 bits per heavy atom. The first-order valence-corrected chi connectivity index (χ1v) is 4.46. The molecule has 0 spiro atoms. The summed E-state index contributed by atoms with van der Waals surface area (Å²) >= 11 is 3.03. The molecule has 0 aliphatic rings. The van der Waals surface area contributed by atoms with Crippen LogP contribution in [0, 0.1) is 5.82 Å². The summed E-state index contributed by atoms with van der Waals surface area (Å²) in [7, 11) is 0. The largest absolute Gasteiger partial charge is 0.235 e. The molecule has 4 heteroatoms. The van der Waals surface area contributed by atoms with Gasteiger partial charge in [-0.3, -0.25) is 0 Å². The lowest BCUT2D eigenvalue weighted by Crippen LogP contribution is -1.90. The number of benzene rings is 1. The number of nitrogens with zero attached hydrogens (tertiary/aromatic N) is 1. The van der Waals surface area contributed by atoms with Crippen molar-refractivity contribution in [3.05, 3.63) is 34.1 Å². The Balaban J connectivity index is 3.03. The van der Waals surface area contributed by atoms with Gasteiger partial charge in [-0.1, -0.05) is 6.07 Å². The maximum Gasteiger partial charge on any atom is 0.235 e. The molecular weight excluding hydrogens is 237 g/mol. The van der Waals surface area contributed by atoms with E-state index in [0.717, 1.165) is 0 Å². The van der Waals surface area contributed by atoms with Crippen molar-refractivity contribution in [3.63, 3.8) is 0 Å². The zero-order valence-corrected chi connectivity index (χ0v) is 8.51. The van der Waals surface area contributed by atoms with Crippen LogP contribution in [-0.2, 0) is 4.79 Å². The normalized spacial score (nSPS) is 11.9. The highest BCUT2D eigenvalue weighted by atomic mass is 79.9. The number of halogens is 2. The monoisotopic (exact) mass is 243 g/mol. The van der Waals surface area contributed by atoms with E-state index in [1.807, 2.05) is 0 Å². The van der Waals surface area contributed by atoms with Gasteiger partial charge < -0.3 is 0 Å². The quantitative estimate of drug-likeness (QED) is 0.580. The zero-order valence-electron chi connectivity index (χ0n) is 6.92. The number of hydrogen-bond donors (Lipinski definition) is 0. The third-order valence-corrected chi connectivity index (χ3v) is 2.32. The molecule has 0 heterocycles. The second kappa shape index (κ2) is 4.30. The minimum atomic E-state index is -0.356. The highest BCUT2D eigenvalue weighted by molar-refractivity contribution is 9.10. The van der Waals surface area contributed by atoms with E-state index in [-0.39, 0.29) is 11.9 Å². The van der Waals surface area contributed by atoms with Crippen molar-refractivity contribution in [2.45, 2.75) is 13.0 Å². The molecule has 1 rings (SSSR count). The third kappa shape index (κ3) is 2.47. The molecule has 1 unspecified atom stereocenters. The van der Waals surface area contributed by atoms with Gasteiger partial charge in [-0.15, -0.1) is 0 Å². The second-order valence-corrected chi connectivity index (χ2v) is 3.42. The predicted molar refractivity (Wildman–Crippen MR) is 50.6 cm³/mol. The minimum absolute atomic E-state index is 0.347. The molecule has 1 aromatic rings. The molecule has 13 heavy (non-hydrogen) atoms. The van der Waals surface area contributed by atoms with Gasteiger partial charge in [0.05, 0.1) is 10.5 Å². The van der Waals surface area contributed by atoms with Crippen molar-refractivity contribution in [2.75, 3.05) is 0 Å². The average Bonchev–Trinajstić information content (AvgIpc) is 2.10. The highest BCUT2D eigenvalue weighted by Gasteiger charge is 2.06. The van der Waals surface area contributed by atoms with Gasteiger partial charge in [0.1, 0.15) is 5.82 Å². The predicted octanol–water partition coefficient (Wildman–Crippen LogP) is 2.99. The molecular formula is C9H7BrFNO. The van der Waals surface area contributed by atoms with Crippen molar-refractivity contribution >= 4 is 22.0 Å². The van der Waals surface area contributed by atoms with Gasteiger partial charge >= 0.3 is 0 Å². The van der Waals surface area contributed by atoms with E-state index in [0.29, 0.717) is 10.0 Å². The van der Waals surface area contributed by atoms with E-state index in [1.54, 1.807) is 19.1 Å². The van der Waals surface area contributed by atoms with E-state index in [2.05, 4.69) is 20.9 Å². The molecule has 0 amide bonds. The van der Waals surface area contributed by atoms with Crippen LogP contribution in [0.25, 0.3) is 0 Å². The number of carbonyl (C=O) groups excluding carboxylic acids is 1. The molecule has 0 fully saturated rings. The molecule has 1 atom stereocenters. The molecule has 68 valence electrons. The fourth-order valence-corrected chi connectivity index (χ4v) is 1.17. The number of hydrogen-bond acceptors (Lipinski definition) is 2. The summed E-state index contributed by atoms with van der Waals surface area (Å²) in [6.07, 6.45) is 1.44. The Morgan fingerprint density at radius 1 is 1.62 bits per heavy atom. The van der Waals surface area contributed by atoms with Crippen molar-refractivity contribution in [3.8, 4) is 0 Å². The van der Waals surface area contributed by atoms with Crippen LogP contribution in [0.5, 0.6) is 0 Å². The molecule has 0 radical (unpaired) electrons. The molecule has 2 nitrogen and oxygen atoms in total. The fourth-order valence-electron chi connectivity index (χ4n) is 0.926. The molecule has 0 saturated heterocycles. The molecule has 0 aliphatic carbocycles. The summed E-state index contributed by atoms with van der Waals surface area (Å²) in [5.41, 5.74) is 0.657. The summed E-state index contributed by atoms with van der Waals surface area (Å²) in [5, 5.41) is 0. The highest BCUT2D eigenvalue weighted by Crippen LogP contribution is 2.22. The fraction of sp³-hybridized carbons (Fsp3) is 0.222. The first-order valence-electron chi connectivity index (χ1n) is 3.67. The summed E-state index contributed by atoms with van der Waals surface area (Å²) < 4.78 is 13.4. The van der Waals surface area contributed by atoms with Gasteiger partial charge in [0.25, 0.3) is 0 Å². The van der Waals surface area contributed by atoms with Gasteiger partial charge in [0.2, 0.25) is 6.08 Å². The van der Waals surface area contributed by atoms with Crippen molar-refractivity contribution < 1.29 is 9.18 Å². The van der Waals surface area contributed by atoms with Crippen LogP contribution in [0.1, 0.15) is 18.5 Å². The Hall–Kier alpha value is -0.990. The molecule has 0 saturated carbocycles.